The highest BCUT2D eigenvalue weighted by Crippen LogP contribution is 2.32. The smallest absolute Gasteiger partial charge is 0.274 e. The Hall–Kier alpha value is -3.30. The van der Waals surface area contributed by atoms with E-state index in [9.17, 15) is 14.4 Å². The highest BCUT2D eigenvalue weighted by Gasteiger charge is 2.43. The van der Waals surface area contributed by atoms with Crippen molar-refractivity contribution in [1.29, 1.82) is 0 Å². The SMILES string of the molecule is CCc1ccc(C(=O)NOCC2(C(=O)NCc3ncccc3C)CCN(C(=O)CN)CC2)cc1. The van der Waals surface area contributed by atoms with Gasteiger partial charge >= 0.3 is 0 Å². The van der Waals surface area contributed by atoms with E-state index in [1.54, 1.807) is 23.2 Å². The number of hydrogen-bond acceptors (Lipinski definition) is 6. The fraction of sp³-hybridized carbons (Fsp3) is 0.440. The van der Waals surface area contributed by atoms with Crippen molar-refractivity contribution < 1.29 is 19.2 Å². The topological polar surface area (TPSA) is 127 Å². The number of carbonyl (C=O) groups excluding carboxylic acids is 3. The normalized spacial score (nSPS) is 15.0. The third-order valence-corrected chi connectivity index (χ3v) is 6.40. The highest BCUT2D eigenvalue weighted by molar-refractivity contribution is 5.93. The van der Waals surface area contributed by atoms with Gasteiger partial charge in [-0.1, -0.05) is 25.1 Å². The molecular weight excluding hydrogens is 434 g/mol. The first kappa shape index (κ1) is 25.3. The average molecular weight is 468 g/mol. The van der Waals surface area contributed by atoms with Gasteiger partial charge in [-0.25, -0.2) is 5.48 Å². The summed E-state index contributed by atoms with van der Waals surface area (Å²) in [6.45, 7) is 4.97. The van der Waals surface area contributed by atoms with E-state index >= 15 is 0 Å². The Morgan fingerprint density at radius 2 is 1.85 bits per heavy atom. The minimum Gasteiger partial charge on any atom is -0.350 e. The molecule has 0 atom stereocenters. The molecule has 0 spiro atoms. The number of likely N-dealkylation sites (tertiary alicyclic amines) is 1. The summed E-state index contributed by atoms with van der Waals surface area (Å²) in [5.41, 5.74) is 10.4. The van der Waals surface area contributed by atoms with Crippen LogP contribution in [0.2, 0.25) is 0 Å². The average Bonchev–Trinajstić information content (AvgIpc) is 2.87. The minimum absolute atomic E-state index is 0.0104. The molecule has 1 saturated heterocycles. The van der Waals surface area contributed by atoms with Gasteiger partial charge in [-0.15, -0.1) is 0 Å². The third kappa shape index (κ3) is 6.18. The van der Waals surface area contributed by atoms with Crippen LogP contribution in [0.1, 0.15) is 46.9 Å². The van der Waals surface area contributed by atoms with Gasteiger partial charge in [0, 0.05) is 24.8 Å². The zero-order valence-corrected chi connectivity index (χ0v) is 19.8. The number of piperidine rings is 1. The number of hydrogen-bond donors (Lipinski definition) is 3. The monoisotopic (exact) mass is 467 g/mol. The molecule has 1 aliphatic rings. The Balaban J connectivity index is 1.65. The second kappa shape index (κ2) is 11.7. The van der Waals surface area contributed by atoms with Crippen LogP contribution in [0.5, 0.6) is 0 Å². The lowest BCUT2D eigenvalue weighted by atomic mass is 9.78. The number of nitrogens with two attached hydrogens (primary N) is 1. The van der Waals surface area contributed by atoms with E-state index in [-0.39, 0.29) is 37.4 Å². The van der Waals surface area contributed by atoms with Gasteiger partial charge in [-0.3, -0.25) is 24.2 Å². The molecule has 1 fully saturated rings. The lowest BCUT2D eigenvalue weighted by Gasteiger charge is -2.40. The number of hydroxylamine groups is 1. The summed E-state index contributed by atoms with van der Waals surface area (Å²) in [5, 5.41) is 2.97. The van der Waals surface area contributed by atoms with E-state index in [4.69, 9.17) is 10.6 Å². The van der Waals surface area contributed by atoms with E-state index in [0.717, 1.165) is 23.2 Å². The van der Waals surface area contributed by atoms with Gasteiger partial charge in [0.2, 0.25) is 11.8 Å². The Labute approximate surface area is 200 Å². The number of pyridine rings is 1. The summed E-state index contributed by atoms with van der Waals surface area (Å²) >= 11 is 0. The fourth-order valence-corrected chi connectivity index (χ4v) is 4.00. The molecule has 0 saturated carbocycles. The first-order chi connectivity index (χ1) is 16.4. The number of benzene rings is 1. The number of nitrogens with one attached hydrogen (secondary N) is 2. The van der Waals surface area contributed by atoms with Gasteiger partial charge in [-0.05, 0) is 55.5 Å². The molecule has 2 aromatic rings. The van der Waals surface area contributed by atoms with Crippen molar-refractivity contribution in [3.8, 4) is 0 Å². The molecule has 4 N–H and O–H groups in total. The van der Waals surface area contributed by atoms with E-state index in [1.807, 2.05) is 38.1 Å². The summed E-state index contributed by atoms with van der Waals surface area (Å²) in [6.07, 6.45) is 3.37. The van der Waals surface area contributed by atoms with Gasteiger partial charge in [0.15, 0.2) is 0 Å². The van der Waals surface area contributed by atoms with Crippen molar-refractivity contribution in [3.05, 3.63) is 65.0 Å². The molecule has 1 aromatic heterocycles. The molecule has 182 valence electrons. The lowest BCUT2D eigenvalue weighted by molar-refractivity contribution is -0.145. The Morgan fingerprint density at radius 3 is 2.47 bits per heavy atom. The standard InChI is InChI=1S/C25H33N5O4/c1-3-19-6-8-20(9-7-19)23(32)29-34-17-25(10-13-30(14-11-25)22(31)15-26)24(33)28-16-21-18(2)5-4-12-27-21/h4-9,12H,3,10-11,13-17,26H2,1-2H3,(H,28,33)(H,29,32). The Kier molecular flexibility index (Phi) is 8.72. The van der Waals surface area contributed by atoms with Crippen molar-refractivity contribution in [3.63, 3.8) is 0 Å². The number of nitrogens with zero attached hydrogens (tertiary/aromatic N) is 2. The molecule has 0 radical (unpaired) electrons. The van der Waals surface area contributed by atoms with Crippen molar-refractivity contribution in [2.24, 2.45) is 11.1 Å². The summed E-state index contributed by atoms with van der Waals surface area (Å²) in [5.74, 6) is -0.722. The molecule has 3 amide bonds. The van der Waals surface area contributed by atoms with Crippen LogP contribution in [0.3, 0.4) is 0 Å². The van der Waals surface area contributed by atoms with Crippen molar-refractivity contribution >= 4 is 17.7 Å². The van der Waals surface area contributed by atoms with Gasteiger partial charge in [0.1, 0.15) is 0 Å². The van der Waals surface area contributed by atoms with E-state index in [0.29, 0.717) is 31.5 Å². The van der Waals surface area contributed by atoms with E-state index in [1.165, 1.54) is 0 Å². The van der Waals surface area contributed by atoms with Gasteiger partial charge < -0.3 is 16.0 Å². The zero-order chi connectivity index (χ0) is 24.6. The predicted molar refractivity (Wildman–Crippen MR) is 127 cm³/mol. The van der Waals surface area contributed by atoms with Crippen molar-refractivity contribution in [2.45, 2.75) is 39.7 Å². The lowest BCUT2D eigenvalue weighted by Crippen LogP contribution is -2.53. The summed E-state index contributed by atoms with van der Waals surface area (Å²) in [6, 6.07) is 11.1. The molecule has 1 aromatic carbocycles. The number of rotatable bonds is 9. The molecule has 34 heavy (non-hydrogen) atoms. The van der Waals surface area contributed by atoms with Crippen LogP contribution >= 0.6 is 0 Å². The largest absolute Gasteiger partial charge is 0.350 e. The third-order valence-electron chi connectivity index (χ3n) is 6.40. The molecule has 9 nitrogen and oxygen atoms in total. The molecule has 3 rings (SSSR count). The van der Waals surface area contributed by atoms with Gasteiger partial charge in [-0.2, -0.15) is 0 Å². The summed E-state index contributed by atoms with van der Waals surface area (Å²) < 4.78 is 0. The van der Waals surface area contributed by atoms with Crippen LogP contribution in [0.15, 0.2) is 42.6 Å². The van der Waals surface area contributed by atoms with E-state index in [2.05, 4.69) is 15.8 Å². The van der Waals surface area contributed by atoms with Crippen LogP contribution < -0.4 is 16.5 Å². The quantitative estimate of drug-likeness (QED) is 0.480. The maximum atomic E-state index is 13.3. The van der Waals surface area contributed by atoms with Crippen LogP contribution in [0, 0.1) is 12.3 Å². The van der Waals surface area contributed by atoms with Crippen LogP contribution in [-0.2, 0) is 27.4 Å². The Morgan fingerprint density at radius 1 is 1.15 bits per heavy atom. The second-order valence-corrected chi connectivity index (χ2v) is 8.59. The summed E-state index contributed by atoms with van der Waals surface area (Å²) in [7, 11) is 0. The van der Waals surface area contributed by atoms with Gasteiger partial charge in [0.25, 0.3) is 5.91 Å². The summed E-state index contributed by atoms with van der Waals surface area (Å²) in [4.78, 5) is 49.3. The minimum atomic E-state index is -0.895. The molecule has 2 heterocycles. The maximum absolute atomic E-state index is 13.3. The highest BCUT2D eigenvalue weighted by atomic mass is 16.7. The fourth-order valence-electron chi connectivity index (χ4n) is 4.00. The predicted octanol–water partition coefficient (Wildman–Crippen LogP) is 1.50. The zero-order valence-electron chi connectivity index (χ0n) is 19.8. The van der Waals surface area contributed by atoms with Crippen molar-refractivity contribution in [1.82, 2.24) is 20.7 Å². The molecular formula is C25H33N5O4. The molecule has 0 bridgehead atoms. The van der Waals surface area contributed by atoms with Crippen LogP contribution in [0.4, 0.5) is 0 Å². The van der Waals surface area contributed by atoms with E-state index < -0.39 is 5.41 Å². The first-order valence-electron chi connectivity index (χ1n) is 11.6. The molecule has 1 aliphatic heterocycles. The van der Waals surface area contributed by atoms with Crippen molar-refractivity contribution in [2.75, 3.05) is 26.2 Å². The van der Waals surface area contributed by atoms with Crippen LogP contribution in [-0.4, -0.2) is 53.8 Å². The first-order valence-corrected chi connectivity index (χ1v) is 11.6. The Bertz CT molecular complexity index is 1000. The number of aromatic nitrogens is 1. The molecule has 9 heteroatoms. The van der Waals surface area contributed by atoms with Gasteiger partial charge in [0.05, 0.1) is 30.8 Å². The number of carbonyl (C=O) groups is 3. The second-order valence-electron chi connectivity index (χ2n) is 8.59. The molecule has 0 aliphatic carbocycles. The number of amides is 3. The molecule has 0 unspecified atom stereocenters. The van der Waals surface area contributed by atoms with Crippen LogP contribution in [0.25, 0.3) is 0 Å². The number of aryl methyl sites for hydroxylation is 2. The maximum Gasteiger partial charge on any atom is 0.274 e.